The fraction of sp³-hybridized carbons (Fsp3) is 0.538. The third-order valence-corrected chi connectivity index (χ3v) is 8.05. The molecule has 166 valence electrons. The van der Waals surface area contributed by atoms with Crippen molar-refractivity contribution in [2.75, 3.05) is 4.90 Å². The van der Waals surface area contributed by atoms with E-state index in [0.717, 1.165) is 36.1 Å². The zero-order valence-electron chi connectivity index (χ0n) is 18.8. The molecular formula is C26H33NO3S. The van der Waals surface area contributed by atoms with Gasteiger partial charge in [-0.25, -0.2) is 4.79 Å². The van der Waals surface area contributed by atoms with Gasteiger partial charge in [0.15, 0.2) is 0 Å². The summed E-state index contributed by atoms with van der Waals surface area (Å²) in [6, 6.07) is 10.4. The molecule has 2 heterocycles. The van der Waals surface area contributed by atoms with Crippen molar-refractivity contribution in [3.63, 3.8) is 0 Å². The van der Waals surface area contributed by atoms with Crippen LogP contribution in [0.3, 0.4) is 0 Å². The number of amides is 1. The van der Waals surface area contributed by atoms with E-state index in [1.54, 1.807) is 0 Å². The van der Waals surface area contributed by atoms with Crippen LogP contribution in [-0.4, -0.2) is 23.0 Å². The molecule has 1 aliphatic heterocycles. The minimum Gasteiger partial charge on any atom is -0.477 e. The molecule has 0 radical (unpaired) electrons. The number of hydrogen-bond donors (Lipinski definition) is 1. The molecule has 1 N–H and O–H groups in total. The average Bonchev–Trinajstić information content (AvgIpc) is 3.19. The maximum absolute atomic E-state index is 13.1. The van der Waals surface area contributed by atoms with E-state index in [0.29, 0.717) is 18.0 Å². The molecule has 1 amide bonds. The normalized spacial score (nSPS) is 20.8. The molecule has 0 spiro atoms. The maximum Gasteiger partial charge on any atom is 0.348 e. The maximum atomic E-state index is 13.1. The zero-order chi connectivity index (χ0) is 22.2. The summed E-state index contributed by atoms with van der Waals surface area (Å²) in [5.41, 5.74) is 2.92. The number of nitrogens with zero attached hydrogens (tertiary/aromatic N) is 1. The smallest absolute Gasteiger partial charge is 0.348 e. The number of anilines is 1. The topological polar surface area (TPSA) is 57.6 Å². The molecular weight excluding hydrogens is 406 g/mol. The summed E-state index contributed by atoms with van der Waals surface area (Å²) >= 11 is 1.29. The van der Waals surface area contributed by atoms with Crippen LogP contribution in [0.15, 0.2) is 30.3 Å². The van der Waals surface area contributed by atoms with Gasteiger partial charge in [-0.3, -0.25) is 4.79 Å². The molecule has 4 rings (SSSR count). The van der Waals surface area contributed by atoms with E-state index in [1.165, 1.54) is 36.2 Å². The Morgan fingerprint density at radius 3 is 2.32 bits per heavy atom. The fourth-order valence-corrected chi connectivity index (χ4v) is 6.16. The number of carbonyl (C=O) groups is 2. The summed E-state index contributed by atoms with van der Waals surface area (Å²) in [6.07, 6.45) is 8.36. The van der Waals surface area contributed by atoms with Crippen molar-refractivity contribution in [2.24, 2.45) is 5.92 Å². The van der Waals surface area contributed by atoms with E-state index >= 15 is 0 Å². The summed E-state index contributed by atoms with van der Waals surface area (Å²) in [5.74, 6) is -0.385. The van der Waals surface area contributed by atoms with Gasteiger partial charge in [-0.1, -0.05) is 64.3 Å². The van der Waals surface area contributed by atoms with Crippen molar-refractivity contribution in [1.29, 1.82) is 0 Å². The van der Waals surface area contributed by atoms with Gasteiger partial charge in [0.2, 0.25) is 5.91 Å². The molecule has 1 unspecified atom stereocenters. The Hall–Kier alpha value is -2.14. The van der Waals surface area contributed by atoms with Crippen LogP contribution < -0.4 is 4.90 Å². The first-order chi connectivity index (χ1) is 14.8. The van der Waals surface area contributed by atoms with Crippen LogP contribution >= 0.6 is 11.3 Å². The van der Waals surface area contributed by atoms with Crippen molar-refractivity contribution in [3.05, 3.63) is 40.8 Å². The predicted molar refractivity (Wildman–Crippen MR) is 127 cm³/mol. The number of piperidine rings is 1. The van der Waals surface area contributed by atoms with Crippen LogP contribution in [0, 0.1) is 5.92 Å². The van der Waals surface area contributed by atoms with Crippen LogP contribution in [0.2, 0.25) is 0 Å². The van der Waals surface area contributed by atoms with Gasteiger partial charge in [-0.2, -0.15) is 0 Å². The Morgan fingerprint density at radius 2 is 1.71 bits per heavy atom. The van der Waals surface area contributed by atoms with Gasteiger partial charge in [0, 0.05) is 17.3 Å². The van der Waals surface area contributed by atoms with E-state index in [2.05, 4.69) is 45.0 Å². The van der Waals surface area contributed by atoms with Gasteiger partial charge in [-0.05, 0) is 54.2 Å². The molecule has 2 aliphatic rings. The number of carbonyl (C=O) groups excluding carboxylic acids is 1. The largest absolute Gasteiger partial charge is 0.477 e. The molecule has 31 heavy (non-hydrogen) atoms. The summed E-state index contributed by atoms with van der Waals surface area (Å²) in [5, 5.41) is 9.96. The molecule has 4 nitrogen and oxygen atoms in total. The SMILES string of the molecule is CC(C)(C)c1ccc(-c2cc(N3C(=O)CCCC3C3CCCCC3)c(C(=O)O)s2)cc1. The molecule has 1 saturated carbocycles. The van der Waals surface area contributed by atoms with E-state index in [-0.39, 0.29) is 22.2 Å². The van der Waals surface area contributed by atoms with Gasteiger partial charge >= 0.3 is 5.97 Å². The third kappa shape index (κ3) is 4.57. The second kappa shape index (κ2) is 8.78. The molecule has 1 aromatic carbocycles. The van der Waals surface area contributed by atoms with Crippen molar-refractivity contribution < 1.29 is 14.7 Å². The molecule has 1 atom stereocenters. The first-order valence-corrected chi connectivity index (χ1v) is 12.4. The Bertz CT molecular complexity index is 948. The minimum absolute atomic E-state index is 0.0683. The standard InChI is InChI=1S/C26H33NO3S/c1-26(2,3)19-14-12-18(13-15-19)22-16-21(24(31-22)25(29)30)27-20(10-7-11-23(27)28)17-8-5-4-6-9-17/h12-17,20H,4-11H2,1-3H3,(H,29,30). The van der Waals surface area contributed by atoms with Crippen LogP contribution in [-0.2, 0) is 10.2 Å². The summed E-state index contributed by atoms with van der Waals surface area (Å²) in [4.78, 5) is 28.3. The molecule has 0 bridgehead atoms. The quantitative estimate of drug-likeness (QED) is 0.565. The van der Waals surface area contributed by atoms with Crippen molar-refractivity contribution >= 4 is 28.9 Å². The van der Waals surface area contributed by atoms with E-state index in [1.807, 2.05) is 11.0 Å². The number of hydrogen-bond acceptors (Lipinski definition) is 3. The number of carboxylic acids is 1. The minimum atomic E-state index is -0.946. The Balaban J connectivity index is 1.72. The number of benzene rings is 1. The van der Waals surface area contributed by atoms with E-state index in [9.17, 15) is 14.7 Å². The lowest BCUT2D eigenvalue weighted by atomic mass is 9.79. The molecule has 2 fully saturated rings. The number of thiophene rings is 1. The highest BCUT2D eigenvalue weighted by atomic mass is 32.1. The van der Waals surface area contributed by atoms with E-state index < -0.39 is 5.97 Å². The van der Waals surface area contributed by atoms with Gasteiger partial charge in [0.1, 0.15) is 4.88 Å². The highest BCUT2D eigenvalue weighted by Gasteiger charge is 2.38. The highest BCUT2D eigenvalue weighted by molar-refractivity contribution is 7.18. The van der Waals surface area contributed by atoms with Crippen LogP contribution in [0.25, 0.3) is 10.4 Å². The predicted octanol–water partition coefficient (Wildman–Crippen LogP) is 6.88. The number of carboxylic acid groups (broad SMARTS) is 1. The number of rotatable bonds is 4. The van der Waals surface area contributed by atoms with Crippen molar-refractivity contribution in [2.45, 2.75) is 83.6 Å². The first-order valence-electron chi connectivity index (χ1n) is 11.6. The van der Waals surface area contributed by atoms with Crippen LogP contribution in [0.5, 0.6) is 0 Å². The molecule has 1 aromatic heterocycles. The monoisotopic (exact) mass is 439 g/mol. The lowest BCUT2D eigenvalue weighted by Crippen LogP contribution is -2.48. The average molecular weight is 440 g/mol. The summed E-state index contributed by atoms with van der Waals surface area (Å²) in [7, 11) is 0. The van der Waals surface area contributed by atoms with Gasteiger partial charge in [0.25, 0.3) is 0 Å². The van der Waals surface area contributed by atoms with Crippen molar-refractivity contribution in [3.8, 4) is 10.4 Å². The number of aromatic carboxylic acids is 1. The summed E-state index contributed by atoms with van der Waals surface area (Å²) < 4.78 is 0. The van der Waals surface area contributed by atoms with Crippen LogP contribution in [0.1, 0.15) is 87.4 Å². The van der Waals surface area contributed by atoms with Gasteiger partial charge in [-0.15, -0.1) is 11.3 Å². The Labute approximate surface area is 189 Å². The first kappa shape index (κ1) is 22.1. The molecule has 2 aromatic rings. The molecule has 5 heteroatoms. The fourth-order valence-electron chi connectivity index (χ4n) is 5.17. The summed E-state index contributed by atoms with van der Waals surface area (Å²) in [6.45, 7) is 6.55. The van der Waals surface area contributed by atoms with Gasteiger partial charge < -0.3 is 10.0 Å². The Kier molecular flexibility index (Phi) is 6.25. The van der Waals surface area contributed by atoms with Crippen molar-refractivity contribution in [1.82, 2.24) is 0 Å². The van der Waals surface area contributed by atoms with E-state index in [4.69, 9.17) is 0 Å². The lowest BCUT2D eigenvalue weighted by Gasteiger charge is -2.41. The third-order valence-electron chi connectivity index (χ3n) is 6.89. The Morgan fingerprint density at radius 1 is 1.03 bits per heavy atom. The van der Waals surface area contributed by atoms with Gasteiger partial charge in [0.05, 0.1) is 5.69 Å². The second-order valence-electron chi connectivity index (χ2n) is 10.1. The lowest BCUT2D eigenvalue weighted by molar-refractivity contribution is -0.120. The zero-order valence-corrected chi connectivity index (χ0v) is 19.6. The molecule has 1 aliphatic carbocycles. The second-order valence-corrected chi connectivity index (χ2v) is 11.1. The van der Waals surface area contributed by atoms with Crippen LogP contribution in [0.4, 0.5) is 5.69 Å². The molecule has 1 saturated heterocycles. The highest BCUT2D eigenvalue weighted by Crippen LogP contribution is 2.43.